The SMILES string of the molecule is CCCCCCCCCCCCCCCCCCCCCCCC(=O)O[C@H](COC(=O)CCCCCCCCCCCCCCCC(C)C)COP(=O)(O)OC[C@@H](O)COP(=O)(O)OC[C@@H](COC(=O)CCCCCCC)OC(=O)CCCCCCCCCCCCC. The maximum absolute atomic E-state index is 13.1. The van der Waals surface area contributed by atoms with Crippen molar-refractivity contribution in [2.24, 2.45) is 5.92 Å². The molecule has 0 heterocycles. The van der Waals surface area contributed by atoms with E-state index in [1.807, 2.05) is 0 Å². The van der Waals surface area contributed by atoms with Crippen LogP contribution in [0.5, 0.6) is 0 Å². The number of hydrogen-bond donors (Lipinski definition) is 3. The van der Waals surface area contributed by atoms with E-state index in [-0.39, 0.29) is 25.7 Å². The Morgan fingerprint density at radius 3 is 0.731 bits per heavy atom. The Balaban J connectivity index is 5.12. The van der Waals surface area contributed by atoms with Crippen LogP contribution in [0.2, 0.25) is 0 Å². The first-order valence-electron chi connectivity index (χ1n) is 38.6. The first-order valence-corrected chi connectivity index (χ1v) is 41.6. The number of aliphatic hydroxyl groups is 1. The minimum absolute atomic E-state index is 0.106. The number of phosphoric acid groups is 2. The fraction of sp³-hybridized carbons (Fsp3) is 0.946. The van der Waals surface area contributed by atoms with Gasteiger partial charge in [-0.3, -0.25) is 37.3 Å². The number of aliphatic hydroxyl groups excluding tert-OH is 1. The number of carbonyl (C=O) groups excluding carboxylic acids is 4. The molecule has 3 N–H and O–H groups in total. The summed E-state index contributed by atoms with van der Waals surface area (Å²) >= 11 is 0. The summed E-state index contributed by atoms with van der Waals surface area (Å²) in [5.41, 5.74) is 0. The van der Waals surface area contributed by atoms with Crippen molar-refractivity contribution in [2.45, 2.75) is 406 Å². The molecule has 0 aliphatic heterocycles. The Kier molecular flexibility index (Phi) is 65.9. The normalized spacial score (nSPS) is 14.0. The molecule has 0 aliphatic carbocycles. The predicted molar refractivity (Wildman–Crippen MR) is 377 cm³/mol. The zero-order chi connectivity index (χ0) is 68.4. The fourth-order valence-corrected chi connectivity index (χ4v) is 12.9. The zero-order valence-electron chi connectivity index (χ0n) is 60.4. The van der Waals surface area contributed by atoms with Gasteiger partial charge in [-0.25, -0.2) is 9.13 Å². The summed E-state index contributed by atoms with van der Waals surface area (Å²) in [4.78, 5) is 72.4. The van der Waals surface area contributed by atoms with Gasteiger partial charge in [0, 0.05) is 25.7 Å². The number of rotatable bonds is 74. The summed E-state index contributed by atoms with van der Waals surface area (Å²) in [5.74, 6) is -1.34. The highest BCUT2D eigenvalue weighted by atomic mass is 31.2. The third kappa shape index (κ3) is 68.4. The molecular formula is C74H144O17P2. The summed E-state index contributed by atoms with van der Waals surface area (Å²) in [6, 6.07) is 0. The van der Waals surface area contributed by atoms with Crippen molar-refractivity contribution in [3.8, 4) is 0 Å². The van der Waals surface area contributed by atoms with E-state index in [0.717, 1.165) is 102 Å². The van der Waals surface area contributed by atoms with E-state index in [4.69, 9.17) is 37.0 Å². The lowest BCUT2D eigenvalue weighted by atomic mass is 10.0. The van der Waals surface area contributed by atoms with Gasteiger partial charge in [0.05, 0.1) is 26.4 Å². The van der Waals surface area contributed by atoms with Gasteiger partial charge in [-0.1, -0.05) is 336 Å². The lowest BCUT2D eigenvalue weighted by Crippen LogP contribution is -2.30. The largest absolute Gasteiger partial charge is 0.472 e. The quantitative estimate of drug-likeness (QED) is 0.0222. The molecule has 0 fully saturated rings. The smallest absolute Gasteiger partial charge is 0.462 e. The van der Waals surface area contributed by atoms with E-state index < -0.39 is 97.5 Å². The van der Waals surface area contributed by atoms with Crippen LogP contribution in [0, 0.1) is 5.92 Å². The lowest BCUT2D eigenvalue weighted by Gasteiger charge is -2.21. The van der Waals surface area contributed by atoms with Crippen LogP contribution < -0.4 is 0 Å². The Bertz CT molecular complexity index is 1790. The van der Waals surface area contributed by atoms with Crippen molar-refractivity contribution in [3.05, 3.63) is 0 Å². The van der Waals surface area contributed by atoms with E-state index in [2.05, 4.69) is 34.6 Å². The predicted octanol–water partition coefficient (Wildman–Crippen LogP) is 21.7. The molecule has 19 heteroatoms. The standard InChI is InChI=1S/C74H144O17P2/c1-6-9-12-15-17-19-21-22-23-24-25-26-27-28-29-32-37-41-45-50-55-60-74(79)91-70(64-85-72(77)58-53-48-43-39-36-33-30-31-35-38-42-47-51-56-67(4)5)66-89-93(82,83)87-62-68(75)61-86-92(80,81)88-65-69(63-84-71(76)57-52-46-14-11-8-3)90-73(78)59-54-49-44-40-34-20-18-16-13-10-7-2/h67-70,75H,6-66H2,1-5H3,(H,80,81)(H,82,83)/t68-,69+,70+/m0/s1. The molecule has 17 nitrogen and oxygen atoms in total. The average Bonchev–Trinajstić information content (AvgIpc) is 3.11. The summed E-state index contributed by atoms with van der Waals surface area (Å²) in [6.45, 7) is 7.20. The average molecular weight is 1370 g/mol. The maximum Gasteiger partial charge on any atom is 0.472 e. The van der Waals surface area contributed by atoms with Crippen molar-refractivity contribution in [1.29, 1.82) is 0 Å². The highest BCUT2D eigenvalue weighted by Crippen LogP contribution is 2.45. The van der Waals surface area contributed by atoms with Crippen molar-refractivity contribution in [2.75, 3.05) is 39.6 Å². The third-order valence-electron chi connectivity index (χ3n) is 17.3. The second-order valence-corrected chi connectivity index (χ2v) is 30.1. The molecule has 0 aromatic rings. The molecule has 0 aromatic carbocycles. The second kappa shape index (κ2) is 67.3. The van der Waals surface area contributed by atoms with Crippen LogP contribution in [-0.2, 0) is 65.4 Å². The summed E-state index contributed by atoms with van der Waals surface area (Å²) in [7, 11) is -9.89. The molecular weight excluding hydrogens is 1220 g/mol. The minimum atomic E-state index is -4.95. The highest BCUT2D eigenvalue weighted by molar-refractivity contribution is 7.47. The molecule has 552 valence electrons. The molecule has 0 aliphatic rings. The number of ether oxygens (including phenoxy) is 4. The van der Waals surface area contributed by atoms with E-state index >= 15 is 0 Å². The molecule has 2 unspecified atom stereocenters. The number of unbranched alkanes of at least 4 members (excludes halogenated alkanes) is 46. The highest BCUT2D eigenvalue weighted by Gasteiger charge is 2.30. The molecule has 0 amide bonds. The monoisotopic (exact) mass is 1370 g/mol. The third-order valence-corrected chi connectivity index (χ3v) is 19.2. The summed E-state index contributed by atoms with van der Waals surface area (Å²) in [6.07, 6.45) is 56.0. The first kappa shape index (κ1) is 91.1. The van der Waals surface area contributed by atoms with Crippen LogP contribution in [0.4, 0.5) is 0 Å². The molecule has 0 radical (unpaired) electrons. The van der Waals surface area contributed by atoms with Gasteiger partial charge >= 0.3 is 39.5 Å². The van der Waals surface area contributed by atoms with Gasteiger partial charge in [-0.2, -0.15) is 0 Å². The van der Waals surface area contributed by atoms with Gasteiger partial charge in [0.2, 0.25) is 0 Å². The zero-order valence-corrected chi connectivity index (χ0v) is 62.2. The van der Waals surface area contributed by atoms with Crippen molar-refractivity contribution in [1.82, 2.24) is 0 Å². The van der Waals surface area contributed by atoms with Crippen LogP contribution in [0.1, 0.15) is 388 Å². The summed E-state index contributed by atoms with van der Waals surface area (Å²) < 4.78 is 68.2. The Morgan fingerprint density at radius 2 is 0.495 bits per heavy atom. The van der Waals surface area contributed by atoms with Crippen molar-refractivity contribution >= 4 is 39.5 Å². The van der Waals surface area contributed by atoms with E-state index in [9.17, 15) is 43.2 Å². The molecule has 0 saturated carbocycles. The van der Waals surface area contributed by atoms with E-state index in [0.29, 0.717) is 25.7 Å². The molecule has 0 rings (SSSR count). The van der Waals surface area contributed by atoms with Crippen LogP contribution in [-0.4, -0.2) is 96.7 Å². The van der Waals surface area contributed by atoms with E-state index in [1.165, 1.54) is 205 Å². The van der Waals surface area contributed by atoms with Gasteiger partial charge in [-0.05, 0) is 31.6 Å². The molecule has 0 saturated heterocycles. The first-order chi connectivity index (χ1) is 45.0. The van der Waals surface area contributed by atoms with Gasteiger partial charge in [0.15, 0.2) is 12.2 Å². The Labute approximate surface area is 568 Å². The molecule has 0 spiro atoms. The van der Waals surface area contributed by atoms with Crippen LogP contribution in [0.25, 0.3) is 0 Å². The van der Waals surface area contributed by atoms with Crippen molar-refractivity contribution in [3.63, 3.8) is 0 Å². The molecule has 93 heavy (non-hydrogen) atoms. The van der Waals surface area contributed by atoms with Crippen molar-refractivity contribution < 1.29 is 80.2 Å². The van der Waals surface area contributed by atoms with Crippen LogP contribution >= 0.6 is 15.6 Å². The van der Waals surface area contributed by atoms with Gasteiger partial charge < -0.3 is 33.8 Å². The van der Waals surface area contributed by atoms with Crippen LogP contribution in [0.15, 0.2) is 0 Å². The fourth-order valence-electron chi connectivity index (χ4n) is 11.4. The Morgan fingerprint density at radius 1 is 0.290 bits per heavy atom. The molecule has 5 atom stereocenters. The van der Waals surface area contributed by atoms with E-state index in [1.54, 1.807) is 0 Å². The summed E-state index contributed by atoms with van der Waals surface area (Å²) in [5, 5.41) is 10.6. The number of carbonyl (C=O) groups is 4. The number of hydrogen-bond acceptors (Lipinski definition) is 15. The van der Waals surface area contributed by atoms with Gasteiger partial charge in [0.25, 0.3) is 0 Å². The lowest BCUT2D eigenvalue weighted by molar-refractivity contribution is -0.161. The van der Waals surface area contributed by atoms with Gasteiger partial charge in [-0.15, -0.1) is 0 Å². The number of esters is 4. The molecule has 0 bridgehead atoms. The minimum Gasteiger partial charge on any atom is -0.462 e. The second-order valence-electron chi connectivity index (χ2n) is 27.2. The maximum atomic E-state index is 13.1. The Hall–Kier alpha value is -1.94. The topological polar surface area (TPSA) is 237 Å². The van der Waals surface area contributed by atoms with Gasteiger partial charge in [0.1, 0.15) is 19.3 Å². The number of phosphoric ester groups is 2. The van der Waals surface area contributed by atoms with Crippen LogP contribution in [0.3, 0.4) is 0 Å². The molecule has 0 aromatic heterocycles.